The number of amides is 1. The van der Waals surface area contributed by atoms with Gasteiger partial charge in [0.25, 0.3) is 5.91 Å². The highest BCUT2D eigenvalue weighted by Crippen LogP contribution is 2.19. The largest absolute Gasteiger partial charge is 0.288 e. The van der Waals surface area contributed by atoms with Gasteiger partial charge < -0.3 is 0 Å². The molecule has 0 atom stereocenters. The van der Waals surface area contributed by atoms with Gasteiger partial charge in [0, 0.05) is 11.1 Å². The molecule has 4 nitrogen and oxygen atoms in total. The Labute approximate surface area is 92.9 Å². The second-order valence-corrected chi connectivity index (χ2v) is 3.77. The molecule has 0 aliphatic heterocycles. The minimum absolute atomic E-state index is 0.439. The number of pyridine rings is 1. The molecule has 0 bridgehead atoms. The minimum atomic E-state index is -0.513. The van der Waals surface area contributed by atoms with E-state index in [1.165, 1.54) is 0 Å². The smallest absolute Gasteiger partial charge is 0.275 e. The molecule has 0 spiro atoms. The Kier molecular flexibility index (Phi) is 2.58. The van der Waals surface area contributed by atoms with Crippen LogP contribution >= 0.6 is 0 Å². The maximum Gasteiger partial charge on any atom is 0.275 e. The van der Waals surface area contributed by atoms with Gasteiger partial charge in [0.05, 0.1) is 11.1 Å². The Morgan fingerprint density at radius 2 is 2.06 bits per heavy atom. The third-order valence-corrected chi connectivity index (χ3v) is 2.44. The van der Waals surface area contributed by atoms with Crippen molar-refractivity contribution in [2.45, 2.75) is 13.8 Å². The molecule has 2 N–H and O–H groups in total. The Morgan fingerprint density at radius 3 is 2.75 bits per heavy atom. The van der Waals surface area contributed by atoms with E-state index < -0.39 is 5.91 Å². The molecule has 1 amide bonds. The monoisotopic (exact) mass is 216 g/mol. The molecule has 1 aromatic heterocycles. The number of hydroxylamine groups is 1. The molecule has 2 rings (SSSR count). The molecule has 2 aromatic rings. The molecule has 16 heavy (non-hydrogen) atoms. The Balaban J connectivity index is 2.79. The van der Waals surface area contributed by atoms with E-state index in [-0.39, 0.29) is 0 Å². The number of nitrogens with one attached hydrogen (secondary N) is 1. The zero-order valence-electron chi connectivity index (χ0n) is 9.11. The van der Waals surface area contributed by atoms with E-state index in [9.17, 15) is 4.79 Å². The van der Waals surface area contributed by atoms with Crippen LogP contribution in [-0.4, -0.2) is 16.1 Å². The molecule has 0 fully saturated rings. The van der Waals surface area contributed by atoms with Crippen molar-refractivity contribution >= 4 is 16.8 Å². The van der Waals surface area contributed by atoms with E-state index in [1.54, 1.807) is 11.5 Å². The topological polar surface area (TPSA) is 62.2 Å². The molecule has 1 aromatic carbocycles. The lowest BCUT2D eigenvalue weighted by Crippen LogP contribution is -2.19. The van der Waals surface area contributed by atoms with Gasteiger partial charge in [-0.2, -0.15) is 0 Å². The fourth-order valence-electron chi connectivity index (χ4n) is 1.72. The number of aryl methyl sites for hydroxylation is 2. The van der Waals surface area contributed by atoms with Crippen LogP contribution in [0.4, 0.5) is 0 Å². The van der Waals surface area contributed by atoms with Crippen molar-refractivity contribution in [3.8, 4) is 0 Å². The summed E-state index contributed by atoms with van der Waals surface area (Å²) in [6.45, 7) is 3.76. The summed E-state index contributed by atoms with van der Waals surface area (Å²) in [6.07, 6.45) is 0. The Bertz CT molecular complexity index is 564. The number of rotatable bonds is 1. The number of fused-ring (bicyclic) bond motifs is 1. The van der Waals surface area contributed by atoms with Gasteiger partial charge in [0.1, 0.15) is 0 Å². The van der Waals surface area contributed by atoms with Crippen molar-refractivity contribution in [2.24, 2.45) is 0 Å². The normalized spacial score (nSPS) is 10.4. The van der Waals surface area contributed by atoms with Gasteiger partial charge >= 0.3 is 0 Å². The maximum atomic E-state index is 11.5. The predicted octanol–water partition coefficient (Wildman–Crippen LogP) is 1.97. The third kappa shape index (κ3) is 1.75. The zero-order valence-corrected chi connectivity index (χ0v) is 9.11. The molecule has 82 valence electrons. The lowest BCUT2D eigenvalue weighted by atomic mass is 10.1. The summed E-state index contributed by atoms with van der Waals surface area (Å²) < 4.78 is 0. The molecule has 0 aliphatic carbocycles. The molecule has 0 aliphatic rings. The lowest BCUT2D eigenvalue weighted by molar-refractivity contribution is 0.0708. The van der Waals surface area contributed by atoms with E-state index in [0.29, 0.717) is 5.56 Å². The first-order valence-electron chi connectivity index (χ1n) is 4.94. The first kappa shape index (κ1) is 10.6. The predicted molar refractivity (Wildman–Crippen MR) is 60.5 cm³/mol. The number of carbonyl (C=O) groups is 1. The number of hydrogen-bond donors (Lipinski definition) is 2. The summed E-state index contributed by atoms with van der Waals surface area (Å²) in [5.41, 5.74) is 4.64. The van der Waals surface area contributed by atoms with E-state index >= 15 is 0 Å². The number of nitrogens with zero attached hydrogens (tertiary/aromatic N) is 1. The second kappa shape index (κ2) is 3.90. The summed E-state index contributed by atoms with van der Waals surface area (Å²) >= 11 is 0. The highest BCUT2D eigenvalue weighted by molar-refractivity contribution is 6.05. The van der Waals surface area contributed by atoms with Gasteiger partial charge in [0.2, 0.25) is 0 Å². The minimum Gasteiger partial charge on any atom is -0.288 e. The van der Waals surface area contributed by atoms with E-state index in [0.717, 1.165) is 22.2 Å². The van der Waals surface area contributed by atoms with Crippen LogP contribution in [-0.2, 0) is 0 Å². The van der Waals surface area contributed by atoms with Crippen molar-refractivity contribution in [1.82, 2.24) is 10.5 Å². The molecule has 0 saturated heterocycles. The zero-order chi connectivity index (χ0) is 11.7. The summed E-state index contributed by atoms with van der Waals surface area (Å²) in [7, 11) is 0. The standard InChI is InChI=1S/C12H12N2O2/c1-7-3-4-11-9(5-7)10(12(15)14-16)6-8(2)13-11/h3-6,16H,1-2H3,(H,14,15). The SMILES string of the molecule is Cc1ccc2nc(C)cc(C(=O)NO)c2c1. The van der Waals surface area contributed by atoms with Crippen molar-refractivity contribution in [3.05, 3.63) is 41.1 Å². The third-order valence-electron chi connectivity index (χ3n) is 2.44. The van der Waals surface area contributed by atoms with Crippen LogP contribution in [0.15, 0.2) is 24.3 Å². The average Bonchev–Trinajstić information content (AvgIpc) is 2.27. The van der Waals surface area contributed by atoms with Gasteiger partial charge in [-0.3, -0.25) is 15.0 Å². The van der Waals surface area contributed by atoms with Gasteiger partial charge in [-0.1, -0.05) is 11.6 Å². The Morgan fingerprint density at radius 1 is 1.31 bits per heavy atom. The molecular formula is C12H12N2O2. The lowest BCUT2D eigenvalue weighted by Gasteiger charge is -2.06. The fraction of sp³-hybridized carbons (Fsp3) is 0.167. The van der Waals surface area contributed by atoms with Crippen LogP contribution in [0, 0.1) is 13.8 Å². The quantitative estimate of drug-likeness (QED) is 0.566. The van der Waals surface area contributed by atoms with Crippen LogP contribution in [0.2, 0.25) is 0 Å². The van der Waals surface area contributed by atoms with Crippen molar-refractivity contribution < 1.29 is 10.0 Å². The number of benzene rings is 1. The van der Waals surface area contributed by atoms with E-state index in [2.05, 4.69) is 4.98 Å². The summed E-state index contributed by atoms with van der Waals surface area (Å²) in [5.74, 6) is -0.513. The van der Waals surface area contributed by atoms with Crippen LogP contribution in [0.3, 0.4) is 0 Å². The van der Waals surface area contributed by atoms with Crippen LogP contribution in [0.25, 0.3) is 10.9 Å². The van der Waals surface area contributed by atoms with Crippen LogP contribution in [0.5, 0.6) is 0 Å². The van der Waals surface area contributed by atoms with E-state index in [4.69, 9.17) is 5.21 Å². The van der Waals surface area contributed by atoms with Crippen molar-refractivity contribution in [3.63, 3.8) is 0 Å². The second-order valence-electron chi connectivity index (χ2n) is 3.77. The Hall–Kier alpha value is -1.94. The van der Waals surface area contributed by atoms with Crippen molar-refractivity contribution in [1.29, 1.82) is 0 Å². The molecule has 1 heterocycles. The van der Waals surface area contributed by atoms with Gasteiger partial charge in [-0.05, 0) is 32.0 Å². The van der Waals surface area contributed by atoms with Gasteiger partial charge in [-0.25, -0.2) is 5.48 Å². The van der Waals surface area contributed by atoms with Crippen LogP contribution < -0.4 is 5.48 Å². The first-order chi connectivity index (χ1) is 7.61. The molecular weight excluding hydrogens is 204 g/mol. The van der Waals surface area contributed by atoms with Gasteiger partial charge in [-0.15, -0.1) is 0 Å². The highest BCUT2D eigenvalue weighted by atomic mass is 16.5. The van der Waals surface area contributed by atoms with Crippen LogP contribution in [0.1, 0.15) is 21.6 Å². The average molecular weight is 216 g/mol. The summed E-state index contributed by atoms with van der Waals surface area (Å²) in [4.78, 5) is 15.8. The van der Waals surface area contributed by atoms with E-state index in [1.807, 2.05) is 32.0 Å². The molecule has 0 saturated carbocycles. The van der Waals surface area contributed by atoms with Gasteiger partial charge in [0.15, 0.2) is 0 Å². The fourth-order valence-corrected chi connectivity index (χ4v) is 1.72. The summed E-state index contributed by atoms with van der Waals surface area (Å²) in [5, 5.41) is 9.44. The molecule has 4 heteroatoms. The molecule has 0 radical (unpaired) electrons. The number of hydrogen-bond acceptors (Lipinski definition) is 3. The first-order valence-corrected chi connectivity index (χ1v) is 4.94. The highest BCUT2D eigenvalue weighted by Gasteiger charge is 2.11. The van der Waals surface area contributed by atoms with Crippen molar-refractivity contribution in [2.75, 3.05) is 0 Å². The maximum absolute atomic E-state index is 11.5. The molecule has 0 unspecified atom stereocenters. The summed E-state index contributed by atoms with van der Waals surface area (Å²) in [6, 6.07) is 7.35. The number of carbonyl (C=O) groups excluding carboxylic acids is 1. The number of aromatic nitrogens is 1.